The van der Waals surface area contributed by atoms with E-state index in [1.807, 2.05) is 41.8 Å². The summed E-state index contributed by atoms with van der Waals surface area (Å²) in [6, 6.07) is 13.1. The van der Waals surface area contributed by atoms with Crippen LogP contribution in [-0.4, -0.2) is 28.7 Å². The quantitative estimate of drug-likeness (QED) is 0.381. The molecule has 0 aliphatic heterocycles. The summed E-state index contributed by atoms with van der Waals surface area (Å²) < 4.78 is 8.28. The van der Waals surface area contributed by atoms with Crippen molar-refractivity contribution in [3.8, 4) is 0 Å². The number of benzene rings is 2. The van der Waals surface area contributed by atoms with E-state index >= 15 is 0 Å². The lowest BCUT2D eigenvalue weighted by molar-refractivity contribution is 0.102. The average Bonchev–Trinajstić information content (AvgIpc) is 2.98. The SMILES string of the molecule is CCOCCCn1c(NC(=O)c2cc(Cl)ccc2I)nc2ccccc21. The van der Waals surface area contributed by atoms with Crippen LogP contribution in [-0.2, 0) is 11.3 Å². The van der Waals surface area contributed by atoms with Crippen molar-refractivity contribution in [3.63, 3.8) is 0 Å². The number of ether oxygens (including phenoxy) is 1. The highest BCUT2D eigenvalue weighted by Gasteiger charge is 2.16. The van der Waals surface area contributed by atoms with Crippen molar-refractivity contribution in [2.45, 2.75) is 19.9 Å². The van der Waals surface area contributed by atoms with Crippen molar-refractivity contribution in [2.75, 3.05) is 18.5 Å². The van der Waals surface area contributed by atoms with Gasteiger partial charge < -0.3 is 9.30 Å². The van der Waals surface area contributed by atoms with Crippen LogP contribution in [0.3, 0.4) is 0 Å². The van der Waals surface area contributed by atoms with Crippen LogP contribution >= 0.6 is 34.2 Å². The third-order valence-corrected chi connectivity index (χ3v) is 5.10. The third kappa shape index (κ3) is 4.36. The van der Waals surface area contributed by atoms with Gasteiger partial charge in [0.1, 0.15) is 0 Å². The number of halogens is 2. The van der Waals surface area contributed by atoms with Crippen molar-refractivity contribution >= 4 is 57.1 Å². The number of aromatic nitrogens is 2. The Morgan fingerprint density at radius 1 is 1.31 bits per heavy atom. The minimum absolute atomic E-state index is 0.224. The molecular weight excluding hydrogens is 465 g/mol. The van der Waals surface area contributed by atoms with Crippen LogP contribution in [0.1, 0.15) is 23.7 Å². The Morgan fingerprint density at radius 2 is 2.12 bits per heavy atom. The number of nitrogens with zero attached hydrogens (tertiary/aromatic N) is 2. The van der Waals surface area contributed by atoms with E-state index in [1.165, 1.54) is 0 Å². The van der Waals surface area contributed by atoms with E-state index < -0.39 is 0 Å². The fourth-order valence-electron chi connectivity index (χ4n) is 2.71. The van der Waals surface area contributed by atoms with E-state index in [1.54, 1.807) is 12.1 Å². The molecule has 7 heteroatoms. The molecule has 0 spiro atoms. The molecule has 0 fully saturated rings. The molecule has 26 heavy (non-hydrogen) atoms. The molecule has 0 unspecified atom stereocenters. The monoisotopic (exact) mass is 483 g/mol. The second kappa shape index (κ2) is 8.83. The molecule has 1 aromatic heterocycles. The van der Waals surface area contributed by atoms with Crippen LogP contribution in [0.5, 0.6) is 0 Å². The van der Waals surface area contributed by atoms with Crippen LogP contribution in [0.15, 0.2) is 42.5 Å². The second-order valence-corrected chi connectivity index (χ2v) is 7.30. The molecule has 5 nitrogen and oxygen atoms in total. The van der Waals surface area contributed by atoms with Gasteiger partial charge in [-0.15, -0.1) is 0 Å². The van der Waals surface area contributed by atoms with Gasteiger partial charge >= 0.3 is 0 Å². The Balaban J connectivity index is 1.88. The molecule has 136 valence electrons. The lowest BCUT2D eigenvalue weighted by Crippen LogP contribution is -2.17. The van der Waals surface area contributed by atoms with Crippen LogP contribution in [0.4, 0.5) is 5.95 Å². The van der Waals surface area contributed by atoms with Crippen LogP contribution in [0, 0.1) is 3.57 Å². The average molecular weight is 484 g/mol. The summed E-state index contributed by atoms with van der Waals surface area (Å²) in [5.41, 5.74) is 2.37. The largest absolute Gasteiger partial charge is 0.382 e. The number of aryl methyl sites for hydroxylation is 1. The molecule has 3 rings (SSSR count). The standard InChI is InChI=1S/C19H19ClIN3O2/c1-2-26-11-5-10-24-17-7-4-3-6-16(17)22-19(24)23-18(25)14-12-13(20)8-9-15(14)21/h3-4,6-9,12H,2,5,10-11H2,1H3,(H,22,23,25). The molecule has 2 aromatic carbocycles. The molecule has 0 aliphatic carbocycles. The normalized spacial score (nSPS) is 11.0. The van der Waals surface area contributed by atoms with Gasteiger partial charge in [-0.2, -0.15) is 0 Å². The Kier molecular flexibility index (Phi) is 6.50. The number of hydrogen-bond acceptors (Lipinski definition) is 3. The van der Waals surface area contributed by atoms with Gasteiger partial charge in [0.05, 0.1) is 16.6 Å². The zero-order chi connectivity index (χ0) is 18.5. The lowest BCUT2D eigenvalue weighted by Gasteiger charge is -2.11. The molecule has 0 atom stereocenters. The van der Waals surface area contributed by atoms with Gasteiger partial charge in [0, 0.05) is 28.4 Å². The van der Waals surface area contributed by atoms with Crippen LogP contribution < -0.4 is 5.32 Å². The first-order valence-electron chi connectivity index (χ1n) is 8.39. The van der Waals surface area contributed by atoms with Gasteiger partial charge in [0.2, 0.25) is 5.95 Å². The number of para-hydroxylation sites is 2. The Morgan fingerprint density at radius 3 is 2.92 bits per heavy atom. The zero-order valence-electron chi connectivity index (χ0n) is 14.3. The first-order valence-corrected chi connectivity index (χ1v) is 9.85. The number of rotatable bonds is 7. The summed E-state index contributed by atoms with van der Waals surface area (Å²) >= 11 is 8.17. The van der Waals surface area contributed by atoms with Crippen molar-refractivity contribution in [2.24, 2.45) is 0 Å². The highest BCUT2D eigenvalue weighted by atomic mass is 127. The van der Waals surface area contributed by atoms with E-state index in [2.05, 4.69) is 32.9 Å². The topological polar surface area (TPSA) is 56.1 Å². The molecule has 3 aromatic rings. The fourth-order valence-corrected chi connectivity index (χ4v) is 3.46. The first kappa shape index (κ1) is 19.1. The molecular formula is C19H19ClIN3O2. The summed E-state index contributed by atoms with van der Waals surface area (Å²) in [5.74, 6) is 0.307. The third-order valence-electron chi connectivity index (χ3n) is 3.93. The number of amides is 1. The Bertz CT molecular complexity index is 926. The van der Waals surface area contributed by atoms with E-state index in [9.17, 15) is 4.79 Å². The van der Waals surface area contributed by atoms with E-state index in [-0.39, 0.29) is 5.91 Å². The number of anilines is 1. The Hall–Kier alpha value is -1.64. The number of fused-ring (bicyclic) bond motifs is 1. The smallest absolute Gasteiger partial charge is 0.259 e. The second-order valence-electron chi connectivity index (χ2n) is 5.70. The molecule has 1 N–H and O–H groups in total. The summed E-state index contributed by atoms with van der Waals surface area (Å²) in [4.78, 5) is 17.3. The predicted molar refractivity (Wildman–Crippen MR) is 113 cm³/mol. The van der Waals surface area contributed by atoms with Gasteiger partial charge in [-0.3, -0.25) is 10.1 Å². The highest BCUT2D eigenvalue weighted by Crippen LogP contribution is 2.23. The highest BCUT2D eigenvalue weighted by molar-refractivity contribution is 14.1. The van der Waals surface area contributed by atoms with Crippen LogP contribution in [0.2, 0.25) is 5.02 Å². The molecule has 0 radical (unpaired) electrons. The number of nitrogens with one attached hydrogen (secondary N) is 1. The van der Waals surface area contributed by atoms with Gasteiger partial charge in [0.25, 0.3) is 5.91 Å². The maximum atomic E-state index is 12.7. The van der Waals surface area contributed by atoms with Gasteiger partial charge in [0.15, 0.2) is 0 Å². The molecule has 0 aliphatic rings. The summed E-state index contributed by atoms with van der Waals surface area (Å²) in [7, 11) is 0. The maximum Gasteiger partial charge on any atom is 0.259 e. The summed E-state index contributed by atoms with van der Waals surface area (Å²) in [6.45, 7) is 4.05. The van der Waals surface area contributed by atoms with Crippen LogP contribution in [0.25, 0.3) is 11.0 Å². The minimum atomic E-state index is -0.224. The van der Waals surface area contributed by atoms with Crippen molar-refractivity contribution in [1.82, 2.24) is 9.55 Å². The van der Waals surface area contributed by atoms with Gasteiger partial charge in [-0.05, 0) is 66.3 Å². The van der Waals surface area contributed by atoms with Gasteiger partial charge in [-0.1, -0.05) is 23.7 Å². The molecule has 0 saturated carbocycles. The number of hydrogen-bond donors (Lipinski definition) is 1. The van der Waals surface area contributed by atoms with Gasteiger partial charge in [-0.25, -0.2) is 4.98 Å². The molecule has 0 saturated heterocycles. The maximum absolute atomic E-state index is 12.7. The lowest BCUT2D eigenvalue weighted by atomic mass is 10.2. The summed E-state index contributed by atoms with van der Waals surface area (Å²) in [6.07, 6.45) is 0.839. The van der Waals surface area contributed by atoms with Crippen molar-refractivity contribution in [3.05, 3.63) is 56.6 Å². The number of carbonyl (C=O) groups excluding carboxylic acids is 1. The predicted octanol–water partition coefficient (Wildman–Crippen LogP) is 4.97. The zero-order valence-corrected chi connectivity index (χ0v) is 17.3. The van der Waals surface area contributed by atoms with E-state index in [0.717, 1.165) is 21.0 Å². The fraction of sp³-hybridized carbons (Fsp3) is 0.263. The van der Waals surface area contributed by atoms with Crippen molar-refractivity contribution < 1.29 is 9.53 Å². The molecule has 0 bridgehead atoms. The molecule has 1 amide bonds. The number of carbonyl (C=O) groups is 1. The summed E-state index contributed by atoms with van der Waals surface area (Å²) in [5, 5.41) is 3.46. The van der Waals surface area contributed by atoms with Crippen molar-refractivity contribution in [1.29, 1.82) is 0 Å². The van der Waals surface area contributed by atoms with E-state index in [4.69, 9.17) is 16.3 Å². The first-order chi connectivity index (χ1) is 12.6. The molecule has 1 heterocycles. The Labute approximate surface area is 170 Å². The minimum Gasteiger partial charge on any atom is -0.382 e. The van der Waals surface area contributed by atoms with E-state index in [0.29, 0.717) is 36.3 Å². The number of imidazole rings is 1.